The molecule has 0 aromatic heterocycles. The van der Waals surface area contributed by atoms with Gasteiger partial charge in [-0.25, -0.2) is 4.79 Å². The van der Waals surface area contributed by atoms with Crippen molar-refractivity contribution in [3.63, 3.8) is 0 Å². The molecule has 22 heavy (non-hydrogen) atoms. The Hall–Kier alpha value is -1.93. The number of thioether (sulfide) groups is 1. The zero-order valence-electron chi connectivity index (χ0n) is 12.3. The normalized spacial score (nSPS) is 13.2. The Balaban J connectivity index is 3.11. The van der Waals surface area contributed by atoms with Gasteiger partial charge in [-0.15, -0.1) is 0 Å². The summed E-state index contributed by atoms with van der Waals surface area (Å²) in [5.74, 6) is -1.19. The van der Waals surface area contributed by atoms with Crippen LogP contribution in [0.15, 0.2) is 24.3 Å². The molecule has 0 amide bonds. The molecular formula is C14H17NO6S. The maximum Gasteiger partial charge on any atom is 0.338 e. The minimum Gasteiger partial charge on any atom is -0.467 e. The van der Waals surface area contributed by atoms with Gasteiger partial charge < -0.3 is 9.84 Å². The standard InChI is InChI=1S/C14H17NO6S/c1-21-13(17)14(18,8-11(16)9-22-2)7-10-5-3-4-6-12(10)15(19)20/h3-6,18H,7-9H2,1-2H3/t14-/m1/s1. The van der Waals surface area contributed by atoms with Crippen molar-refractivity contribution < 1.29 is 24.4 Å². The molecule has 0 aliphatic carbocycles. The lowest BCUT2D eigenvalue weighted by molar-refractivity contribution is -0.385. The summed E-state index contributed by atoms with van der Waals surface area (Å²) in [5, 5.41) is 21.5. The van der Waals surface area contributed by atoms with E-state index in [4.69, 9.17) is 0 Å². The Labute approximate surface area is 131 Å². The summed E-state index contributed by atoms with van der Waals surface area (Å²) < 4.78 is 4.55. The van der Waals surface area contributed by atoms with E-state index in [2.05, 4.69) is 4.74 Å². The molecular weight excluding hydrogens is 310 g/mol. The average molecular weight is 327 g/mol. The molecule has 7 nitrogen and oxygen atoms in total. The molecule has 0 unspecified atom stereocenters. The Kier molecular flexibility index (Phi) is 6.51. The summed E-state index contributed by atoms with van der Waals surface area (Å²) in [6, 6.07) is 5.75. The van der Waals surface area contributed by atoms with E-state index >= 15 is 0 Å². The summed E-state index contributed by atoms with van der Waals surface area (Å²) in [6.07, 6.45) is 0.903. The number of nitro benzene ring substituents is 1. The molecule has 0 bridgehead atoms. The number of esters is 1. The molecule has 0 fully saturated rings. The molecule has 0 radical (unpaired) electrons. The van der Waals surface area contributed by atoms with Crippen LogP contribution in [-0.2, 0) is 20.7 Å². The van der Waals surface area contributed by atoms with E-state index in [1.165, 1.54) is 30.0 Å². The first-order chi connectivity index (χ1) is 10.3. The van der Waals surface area contributed by atoms with E-state index < -0.39 is 22.9 Å². The summed E-state index contributed by atoms with van der Waals surface area (Å²) in [7, 11) is 1.09. The highest BCUT2D eigenvalue weighted by atomic mass is 32.2. The van der Waals surface area contributed by atoms with Crippen molar-refractivity contribution in [2.24, 2.45) is 0 Å². The van der Waals surface area contributed by atoms with Crippen molar-refractivity contribution in [1.82, 2.24) is 0 Å². The monoisotopic (exact) mass is 327 g/mol. The Morgan fingerprint density at radius 3 is 2.59 bits per heavy atom. The number of methoxy groups -OCH3 is 1. The van der Waals surface area contributed by atoms with Gasteiger partial charge in [-0.1, -0.05) is 18.2 Å². The summed E-state index contributed by atoms with van der Waals surface area (Å²) in [4.78, 5) is 34.0. The van der Waals surface area contributed by atoms with Gasteiger partial charge in [0.25, 0.3) is 5.69 Å². The molecule has 0 saturated carbocycles. The first-order valence-corrected chi connectivity index (χ1v) is 7.77. The number of Topliss-reactive ketones (excluding diaryl/α,β-unsaturated/α-hetero) is 1. The Morgan fingerprint density at radius 2 is 2.05 bits per heavy atom. The van der Waals surface area contributed by atoms with Crippen LogP contribution in [0, 0.1) is 10.1 Å². The molecule has 0 heterocycles. The molecule has 8 heteroatoms. The van der Waals surface area contributed by atoms with Crippen LogP contribution < -0.4 is 0 Å². The van der Waals surface area contributed by atoms with Gasteiger partial charge in [-0.2, -0.15) is 11.8 Å². The van der Waals surface area contributed by atoms with Crippen molar-refractivity contribution >= 4 is 29.2 Å². The van der Waals surface area contributed by atoms with E-state index in [0.717, 1.165) is 7.11 Å². The molecule has 0 saturated heterocycles. The summed E-state index contributed by atoms with van der Waals surface area (Å²) in [6.45, 7) is 0. The lowest BCUT2D eigenvalue weighted by atomic mass is 9.89. The smallest absolute Gasteiger partial charge is 0.338 e. The van der Waals surface area contributed by atoms with Gasteiger partial charge in [0.1, 0.15) is 5.78 Å². The molecule has 0 aliphatic heterocycles. The second kappa shape index (κ2) is 7.90. The van der Waals surface area contributed by atoms with Gasteiger partial charge in [0.2, 0.25) is 0 Å². The minimum absolute atomic E-state index is 0.135. The topological polar surface area (TPSA) is 107 Å². The van der Waals surface area contributed by atoms with Crippen LogP contribution >= 0.6 is 11.8 Å². The van der Waals surface area contributed by atoms with Gasteiger partial charge in [0.05, 0.1) is 17.8 Å². The van der Waals surface area contributed by atoms with E-state index in [1.807, 2.05) is 0 Å². The molecule has 1 atom stereocenters. The molecule has 1 N–H and O–H groups in total. The van der Waals surface area contributed by atoms with Crippen molar-refractivity contribution in [3.8, 4) is 0 Å². The third kappa shape index (κ3) is 4.54. The van der Waals surface area contributed by atoms with Crippen LogP contribution in [0.3, 0.4) is 0 Å². The Morgan fingerprint density at radius 1 is 1.41 bits per heavy atom. The number of hydrogen-bond acceptors (Lipinski definition) is 7. The molecule has 1 aromatic carbocycles. The quantitative estimate of drug-likeness (QED) is 0.436. The highest BCUT2D eigenvalue weighted by Crippen LogP contribution is 2.26. The molecule has 1 aromatic rings. The zero-order chi connectivity index (χ0) is 16.8. The number of aliphatic hydroxyl groups is 1. The summed E-state index contributed by atoms with van der Waals surface area (Å²) >= 11 is 1.26. The SMILES string of the molecule is COC(=O)[C@](O)(CC(=O)CSC)Cc1ccccc1[N+](=O)[O-]. The fourth-order valence-corrected chi connectivity index (χ4v) is 2.51. The van der Waals surface area contributed by atoms with Gasteiger partial charge in [0, 0.05) is 24.5 Å². The van der Waals surface area contributed by atoms with E-state index in [1.54, 1.807) is 12.3 Å². The molecule has 1 rings (SSSR count). The second-order valence-corrected chi connectivity index (χ2v) is 5.60. The van der Waals surface area contributed by atoms with Crippen LogP contribution in [-0.4, -0.2) is 46.5 Å². The zero-order valence-corrected chi connectivity index (χ0v) is 13.1. The van der Waals surface area contributed by atoms with Crippen molar-refractivity contribution in [2.75, 3.05) is 19.1 Å². The predicted molar refractivity (Wildman–Crippen MR) is 81.8 cm³/mol. The van der Waals surface area contributed by atoms with Crippen LogP contribution in [0.1, 0.15) is 12.0 Å². The van der Waals surface area contributed by atoms with Gasteiger partial charge in [-0.3, -0.25) is 14.9 Å². The van der Waals surface area contributed by atoms with Crippen LogP contribution in [0.25, 0.3) is 0 Å². The second-order valence-electron chi connectivity index (χ2n) is 4.73. The average Bonchev–Trinajstić information content (AvgIpc) is 2.46. The largest absolute Gasteiger partial charge is 0.467 e. The number of nitrogens with zero attached hydrogens (tertiary/aromatic N) is 1. The maximum atomic E-state index is 11.9. The van der Waals surface area contributed by atoms with Crippen LogP contribution in [0.5, 0.6) is 0 Å². The number of benzene rings is 1. The first-order valence-electron chi connectivity index (χ1n) is 6.38. The van der Waals surface area contributed by atoms with E-state index in [-0.39, 0.29) is 29.2 Å². The van der Waals surface area contributed by atoms with Gasteiger partial charge >= 0.3 is 5.97 Å². The molecule has 0 aliphatic rings. The predicted octanol–water partition coefficient (Wildman–Crippen LogP) is 1.36. The fourth-order valence-electron chi connectivity index (χ4n) is 2.09. The van der Waals surface area contributed by atoms with Gasteiger partial charge in [0.15, 0.2) is 5.60 Å². The number of carbonyl (C=O) groups excluding carboxylic acids is 2. The number of hydrogen-bond donors (Lipinski definition) is 1. The van der Waals surface area contributed by atoms with E-state index in [0.29, 0.717) is 0 Å². The molecule has 0 spiro atoms. The lowest BCUT2D eigenvalue weighted by Gasteiger charge is -2.24. The number of rotatable bonds is 8. The van der Waals surface area contributed by atoms with Crippen molar-refractivity contribution in [3.05, 3.63) is 39.9 Å². The minimum atomic E-state index is -2.12. The maximum absolute atomic E-state index is 11.9. The third-order valence-corrected chi connectivity index (χ3v) is 3.64. The number of ketones is 1. The van der Waals surface area contributed by atoms with Gasteiger partial charge in [-0.05, 0) is 6.26 Å². The highest BCUT2D eigenvalue weighted by Gasteiger charge is 2.40. The number of para-hydroxylation sites is 1. The number of nitro groups is 1. The fraction of sp³-hybridized carbons (Fsp3) is 0.429. The first kappa shape index (κ1) is 18.1. The van der Waals surface area contributed by atoms with E-state index in [9.17, 15) is 24.8 Å². The Bertz CT molecular complexity index is 576. The highest BCUT2D eigenvalue weighted by molar-refractivity contribution is 7.99. The number of carbonyl (C=O) groups is 2. The van der Waals surface area contributed by atoms with Crippen LogP contribution in [0.4, 0.5) is 5.69 Å². The van der Waals surface area contributed by atoms with Crippen molar-refractivity contribution in [1.29, 1.82) is 0 Å². The summed E-state index contributed by atoms with van der Waals surface area (Å²) in [5.41, 5.74) is -2.17. The van der Waals surface area contributed by atoms with Crippen molar-refractivity contribution in [2.45, 2.75) is 18.4 Å². The van der Waals surface area contributed by atoms with Crippen LogP contribution in [0.2, 0.25) is 0 Å². The lowest BCUT2D eigenvalue weighted by Crippen LogP contribution is -2.44. The molecule has 120 valence electrons. The third-order valence-electron chi connectivity index (χ3n) is 3.03. The number of ether oxygens (including phenoxy) is 1.